The fraction of sp³-hybridized carbons (Fsp3) is 0.810. The van der Waals surface area contributed by atoms with Crippen LogP contribution in [0.15, 0.2) is 6.07 Å². The van der Waals surface area contributed by atoms with Crippen LogP contribution in [0.4, 0.5) is 0 Å². The van der Waals surface area contributed by atoms with Gasteiger partial charge in [0.2, 0.25) is 0 Å². The van der Waals surface area contributed by atoms with Crippen molar-refractivity contribution in [3.63, 3.8) is 0 Å². The molecule has 1 N–H and O–H groups in total. The molecule has 6 rings (SSSR count). The van der Waals surface area contributed by atoms with E-state index in [2.05, 4.69) is 43.5 Å². The second kappa shape index (κ2) is 5.99. The largest absolute Gasteiger partial charge is 0.309 e. The molecule has 5 saturated carbocycles. The van der Waals surface area contributed by atoms with Gasteiger partial charge in [-0.1, -0.05) is 20.8 Å². The summed E-state index contributed by atoms with van der Waals surface area (Å²) in [5.74, 6) is 4.60. The zero-order valence-electron chi connectivity index (χ0n) is 15.3. The van der Waals surface area contributed by atoms with Crippen LogP contribution in [0.1, 0.15) is 86.4 Å². The zero-order chi connectivity index (χ0) is 15.8. The SMILES string of the molecule is C[C@@H]1[C@H]2C[C@@H](C[C@H]1NCc1sc(C3CC3)cc1C1CC1)C2(C)C.Cl. The Kier molecular flexibility index (Phi) is 4.34. The molecule has 2 bridgehead atoms. The number of rotatable bonds is 5. The lowest BCUT2D eigenvalue weighted by atomic mass is 9.45. The number of thiophene rings is 1. The summed E-state index contributed by atoms with van der Waals surface area (Å²) in [6, 6.07) is 3.34. The lowest BCUT2D eigenvalue weighted by Crippen LogP contribution is -2.59. The molecule has 1 heterocycles. The van der Waals surface area contributed by atoms with E-state index >= 15 is 0 Å². The lowest BCUT2D eigenvalue weighted by Gasteiger charge is -2.62. The quantitative estimate of drug-likeness (QED) is 0.666. The topological polar surface area (TPSA) is 12.0 Å². The average molecular weight is 366 g/mol. The van der Waals surface area contributed by atoms with Crippen molar-refractivity contribution in [1.82, 2.24) is 5.32 Å². The molecule has 0 aromatic carbocycles. The first-order chi connectivity index (χ1) is 11.0. The van der Waals surface area contributed by atoms with Crippen LogP contribution >= 0.6 is 23.7 Å². The van der Waals surface area contributed by atoms with Gasteiger partial charge in [0.15, 0.2) is 0 Å². The fourth-order valence-corrected chi connectivity index (χ4v) is 6.93. The van der Waals surface area contributed by atoms with Crippen LogP contribution in [0.3, 0.4) is 0 Å². The molecule has 3 heteroatoms. The van der Waals surface area contributed by atoms with Crippen molar-refractivity contribution >= 4 is 23.7 Å². The molecule has 1 aromatic heterocycles. The van der Waals surface area contributed by atoms with E-state index in [1.807, 2.05) is 0 Å². The summed E-state index contributed by atoms with van der Waals surface area (Å²) in [5.41, 5.74) is 2.33. The van der Waals surface area contributed by atoms with Crippen LogP contribution in [0.5, 0.6) is 0 Å². The summed E-state index contributed by atoms with van der Waals surface area (Å²) in [4.78, 5) is 3.38. The Bertz CT molecular complexity index is 613. The summed E-state index contributed by atoms with van der Waals surface area (Å²) >= 11 is 2.14. The maximum Gasteiger partial charge on any atom is 0.0305 e. The fourth-order valence-electron chi connectivity index (χ4n) is 5.55. The van der Waals surface area contributed by atoms with Crippen molar-refractivity contribution in [2.45, 2.75) is 83.7 Å². The number of hydrogen-bond acceptors (Lipinski definition) is 2. The van der Waals surface area contributed by atoms with Gasteiger partial charge in [0.25, 0.3) is 0 Å². The molecule has 0 radical (unpaired) electrons. The molecule has 5 aliphatic rings. The van der Waals surface area contributed by atoms with Crippen LogP contribution in [-0.4, -0.2) is 6.04 Å². The Balaban J connectivity index is 0.00000146. The summed E-state index contributed by atoms with van der Waals surface area (Å²) in [7, 11) is 0. The van der Waals surface area contributed by atoms with E-state index in [1.165, 1.54) is 38.5 Å². The second-order valence-electron chi connectivity index (χ2n) is 9.52. The van der Waals surface area contributed by atoms with Gasteiger partial charge in [-0.25, -0.2) is 0 Å². The normalized spacial score (nSPS) is 36.8. The minimum atomic E-state index is 0. The van der Waals surface area contributed by atoms with Crippen molar-refractivity contribution in [3.05, 3.63) is 21.4 Å². The van der Waals surface area contributed by atoms with Crippen molar-refractivity contribution in [3.8, 4) is 0 Å². The first-order valence-corrected chi connectivity index (χ1v) is 10.7. The summed E-state index contributed by atoms with van der Waals surface area (Å²) < 4.78 is 0. The van der Waals surface area contributed by atoms with E-state index in [1.54, 1.807) is 15.3 Å². The number of fused-ring (bicyclic) bond motifs is 2. The molecule has 0 unspecified atom stereocenters. The van der Waals surface area contributed by atoms with Crippen LogP contribution in [0.2, 0.25) is 0 Å². The third-order valence-corrected chi connectivity index (χ3v) is 9.05. The van der Waals surface area contributed by atoms with Gasteiger partial charge < -0.3 is 5.32 Å². The predicted molar refractivity (Wildman–Crippen MR) is 105 cm³/mol. The maximum atomic E-state index is 3.99. The van der Waals surface area contributed by atoms with Gasteiger partial charge in [0, 0.05) is 22.3 Å². The highest BCUT2D eigenvalue weighted by atomic mass is 35.5. The van der Waals surface area contributed by atoms with Crippen molar-refractivity contribution in [2.24, 2.45) is 23.2 Å². The van der Waals surface area contributed by atoms with Gasteiger partial charge >= 0.3 is 0 Å². The van der Waals surface area contributed by atoms with E-state index < -0.39 is 0 Å². The second-order valence-corrected chi connectivity index (χ2v) is 10.7. The van der Waals surface area contributed by atoms with Crippen LogP contribution < -0.4 is 5.32 Å². The molecular formula is C21H32ClNS. The number of halogens is 1. The molecule has 24 heavy (non-hydrogen) atoms. The lowest BCUT2D eigenvalue weighted by molar-refractivity contribution is -0.115. The molecule has 0 aliphatic heterocycles. The van der Waals surface area contributed by atoms with Gasteiger partial charge in [-0.15, -0.1) is 23.7 Å². The molecule has 0 spiro atoms. The third kappa shape index (κ3) is 2.77. The van der Waals surface area contributed by atoms with E-state index in [9.17, 15) is 0 Å². The first-order valence-electron chi connectivity index (χ1n) is 9.90. The maximum absolute atomic E-state index is 3.99. The Morgan fingerprint density at radius 3 is 2.42 bits per heavy atom. The minimum absolute atomic E-state index is 0. The Morgan fingerprint density at radius 1 is 1.12 bits per heavy atom. The highest BCUT2D eigenvalue weighted by Crippen LogP contribution is 2.61. The highest BCUT2D eigenvalue weighted by Gasteiger charge is 2.56. The molecular weight excluding hydrogens is 334 g/mol. The minimum Gasteiger partial charge on any atom is -0.309 e. The van der Waals surface area contributed by atoms with Crippen molar-refractivity contribution in [2.75, 3.05) is 0 Å². The van der Waals surface area contributed by atoms with E-state index in [0.717, 1.165) is 42.2 Å². The van der Waals surface area contributed by atoms with E-state index in [-0.39, 0.29) is 12.4 Å². The monoisotopic (exact) mass is 365 g/mol. The van der Waals surface area contributed by atoms with Gasteiger partial charge in [0.05, 0.1) is 0 Å². The average Bonchev–Trinajstić information content (AvgIpc) is 3.44. The summed E-state index contributed by atoms with van der Waals surface area (Å²) in [5, 5.41) is 3.99. The third-order valence-electron chi connectivity index (χ3n) is 7.74. The molecule has 1 nitrogen and oxygen atoms in total. The first kappa shape index (κ1) is 17.4. The summed E-state index contributed by atoms with van der Waals surface area (Å²) in [6.45, 7) is 8.65. The Morgan fingerprint density at radius 2 is 1.83 bits per heavy atom. The summed E-state index contributed by atoms with van der Waals surface area (Å²) in [6.07, 6.45) is 8.65. The molecule has 4 atom stereocenters. The van der Waals surface area contributed by atoms with Crippen molar-refractivity contribution in [1.29, 1.82) is 0 Å². The van der Waals surface area contributed by atoms with Gasteiger partial charge in [-0.2, -0.15) is 0 Å². The molecule has 0 amide bonds. The van der Waals surface area contributed by atoms with E-state index in [4.69, 9.17) is 0 Å². The molecule has 5 fully saturated rings. The predicted octanol–water partition coefficient (Wildman–Crippen LogP) is 6.09. The van der Waals surface area contributed by atoms with Gasteiger partial charge in [-0.05, 0) is 85.2 Å². The van der Waals surface area contributed by atoms with E-state index in [0.29, 0.717) is 5.41 Å². The zero-order valence-corrected chi connectivity index (χ0v) is 16.9. The van der Waals surface area contributed by atoms with Crippen LogP contribution in [0, 0.1) is 23.2 Å². The standard InChI is InChI=1S/C21H31NS.ClH/c1-12-17-8-15(21(17,2)3)9-18(12)22-11-20-16(13-4-5-13)10-19(23-20)14-6-7-14;/h10,12-15,17-18,22H,4-9,11H2,1-3H3;1H/t12-,15+,17-,18-;/m1./s1. The van der Waals surface area contributed by atoms with Gasteiger partial charge in [0.1, 0.15) is 0 Å². The number of hydrogen-bond donors (Lipinski definition) is 1. The smallest absolute Gasteiger partial charge is 0.0305 e. The molecule has 5 aliphatic carbocycles. The Hall–Kier alpha value is -0.0500. The van der Waals surface area contributed by atoms with Crippen molar-refractivity contribution < 1.29 is 0 Å². The molecule has 134 valence electrons. The highest BCUT2D eigenvalue weighted by molar-refractivity contribution is 7.12. The van der Waals surface area contributed by atoms with Crippen LogP contribution in [-0.2, 0) is 6.54 Å². The van der Waals surface area contributed by atoms with Crippen LogP contribution in [0.25, 0.3) is 0 Å². The molecule has 1 aromatic rings. The van der Waals surface area contributed by atoms with Gasteiger partial charge in [-0.3, -0.25) is 0 Å². The number of nitrogens with one attached hydrogen (secondary N) is 1. The molecule has 0 saturated heterocycles. The Labute approximate surface area is 157 Å².